The van der Waals surface area contributed by atoms with Gasteiger partial charge < -0.3 is 5.32 Å². The topological polar surface area (TPSA) is 12.0 Å². The van der Waals surface area contributed by atoms with Crippen molar-refractivity contribution in [1.82, 2.24) is 5.32 Å². The van der Waals surface area contributed by atoms with Gasteiger partial charge in [0, 0.05) is 6.54 Å². The Labute approximate surface area is 78.1 Å². The van der Waals surface area contributed by atoms with Crippen molar-refractivity contribution in [3.8, 4) is 0 Å². The van der Waals surface area contributed by atoms with Gasteiger partial charge >= 0.3 is 0 Å². The summed E-state index contributed by atoms with van der Waals surface area (Å²) in [6.45, 7) is 0.862. The standard InChI is InChI=1S/C12H11N/c1-2-6-11(7-3-1)10-13-12-8-4-5-9-12/h1-8,13H,10H2. The fourth-order valence-electron chi connectivity index (χ4n) is 1.23. The first-order valence-electron chi connectivity index (χ1n) is 4.36. The van der Waals surface area contributed by atoms with Crippen LogP contribution in [-0.4, -0.2) is 0 Å². The van der Waals surface area contributed by atoms with Gasteiger partial charge in [0.15, 0.2) is 0 Å². The average Bonchev–Trinajstić information content (AvgIpc) is 2.69. The average molecular weight is 169 g/mol. The van der Waals surface area contributed by atoms with Crippen LogP contribution < -0.4 is 5.32 Å². The third kappa shape index (κ3) is 2.11. The van der Waals surface area contributed by atoms with Crippen LogP contribution in [-0.2, 0) is 6.54 Å². The molecule has 2 rings (SSSR count). The first kappa shape index (κ1) is 7.90. The summed E-state index contributed by atoms with van der Waals surface area (Å²) in [6, 6.07) is 10.3. The lowest BCUT2D eigenvalue weighted by molar-refractivity contribution is 0.837. The van der Waals surface area contributed by atoms with E-state index in [1.165, 1.54) is 5.56 Å². The number of allylic oxidation sites excluding steroid dienone is 2. The SMILES string of the molecule is C1=CC=CC=1NCc1ccccc1. The van der Waals surface area contributed by atoms with E-state index in [1.54, 1.807) is 0 Å². The molecule has 0 bridgehead atoms. The van der Waals surface area contributed by atoms with Gasteiger partial charge in [-0.3, -0.25) is 0 Å². The van der Waals surface area contributed by atoms with E-state index in [0.29, 0.717) is 0 Å². The lowest BCUT2D eigenvalue weighted by atomic mass is 10.2. The van der Waals surface area contributed by atoms with Gasteiger partial charge in [-0.25, -0.2) is 0 Å². The number of benzene rings is 1. The maximum absolute atomic E-state index is 3.29. The fourth-order valence-corrected chi connectivity index (χ4v) is 1.23. The number of hydrogen-bond acceptors (Lipinski definition) is 1. The van der Waals surface area contributed by atoms with E-state index in [1.807, 2.05) is 36.4 Å². The normalized spacial score (nSPS) is 13.1. The number of rotatable bonds is 3. The van der Waals surface area contributed by atoms with Crippen LogP contribution in [0, 0.1) is 0 Å². The van der Waals surface area contributed by atoms with Crippen LogP contribution in [0.1, 0.15) is 5.56 Å². The van der Waals surface area contributed by atoms with Gasteiger partial charge in [-0.2, -0.15) is 0 Å². The Bertz CT molecular complexity index is 367. The highest BCUT2D eigenvalue weighted by Crippen LogP contribution is 2.01. The molecule has 0 atom stereocenters. The van der Waals surface area contributed by atoms with Crippen molar-refractivity contribution in [2.75, 3.05) is 0 Å². The van der Waals surface area contributed by atoms with Gasteiger partial charge in [0.1, 0.15) is 0 Å². The predicted octanol–water partition coefficient (Wildman–Crippen LogP) is 2.39. The first-order valence-corrected chi connectivity index (χ1v) is 4.36. The lowest BCUT2D eigenvalue weighted by Crippen LogP contribution is -2.09. The minimum Gasteiger partial charge on any atom is -0.375 e. The van der Waals surface area contributed by atoms with E-state index in [4.69, 9.17) is 0 Å². The molecule has 1 aliphatic carbocycles. The van der Waals surface area contributed by atoms with E-state index < -0.39 is 0 Å². The predicted molar refractivity (Wildman–Crippen MR) is 54.0 cm³/mol. The van der Waals surface area contributed by atoms with Crippen LogP contribution in [0.25, 0.3) is 0 Å². The summed E-state index contributed by atoms with van der Waals surface area (Å²) in [4.78, 5) is 0. The monoisotopic (exact) mass is 169 g/mol. The fraction of sp³-hybridized carbons (Fsp3) is 0.0833. The van der Waals surface area contributed by atoms with Crippen molar-refractivity contribution >= 4 is 0 Å². The van der Waals surface area contributed by atoms with E-state index >= 15 is 0 Å². The summed E-state index contributed by atoms with van der Waals surface area (Å²) in [7, 11) is 0. The van der Waals surface area contributed by atoms with E-state index in [-0.39, 0.29) is 0 Å². The Morgan fingerprint density at radius 3 is 2.69 bits per heavy atom. The zero-order valence-corrected chi connectivity index (χ0v) is 7.33. The van der Waals surface area contributed by atoms with Gasteiger partial charge in [-0.15, -0.1) is 0 Å². The minimum atomic E-state index is 0.862. The molecule has 1 heteroatoms. The Kier molecular flexibility index (Phi) is 2.31. The first-order chi connectivity index (χ1) is 6.45. The van der Waals surface area contributed by atoms with Crippen LogP contribution in [0.2, 0.25) is 0 Å². The zero-order valence-electron chi connectivity index (χ0n) is 7.33. The number of nitrogens with one attached hydrogen (secondary N) is 1. The van der Waals surface area contributed by atoms with E-state index in [2.05, 4.69) is 23.2 Å². The molecular weight excluding hydrogens is 158 g/mol. The van der Waals surface area contributed by atoms with Crippen molar-refractivity contribution in [3.05, 3.63) is 65.6 Å². The highest BCUT2D eigenvalue weighted by Gasteiger charge is 1.93. The van der Waals surface area contributed by atoms with Crippen LogP contribution in [0.4, 0.5) is 0 Å². The highest BCUT2D eigenvalue weighted by molar-refractivity contribution is 5.28. The molecule has 1 aromatic carbocycles. The van der Waals surface area contributed by atoms with Crippen LogP contribution in [0.15, 0.2) is 60.0 Å². The quantitative estimate of drug-likeness (QED) is 0.685. The summed E-state index contributed by atoms with van der Waals surface area (Å²) in [5.74, 6) is 0. The molecule has 0 aliphatic heterocycles. The third-order valence-corrected chi connectivity index (χ3v) is 1.92. The molecule has 0 heterocycles. The summed E-state index contributed by atoms with van der Waals surface area (Å²) < 4.78 is 0. The molecule has 0 fully saturated rings. The summed E-state index contributed by atoms with van der Waals surface area (Å²) in [5.41, 5.74) is 5.44. The molecule has 0 amide bonds. The second kappa shape index (κ2) is 3.79. The maximum atomic E-state index is 3.29. The molecule has 1 nitrogen and oxygen atoms in total. The smallest absolute Gasteiger partial charge is 0.0776 e. The minimum absolute atomic E-state index is 0.862. The summed E-state index contributed by atoms with van der Waals surface area (Å²) in [6.07, 6.45) is 5.91. The maximum Gasteiger partial charge on any atom is 0.0776 e. The molecule has 1 aromatic rings. The third-order valence-electron chi connectivity index (χ3n) is 1.92. The second-order valence-corrected chi connectivity index (χ2v) is 2.92. The van der Waals surface area contributed by atoms with Gasteiger partial charge in [0.25, 0.3) is 0 Å². The van der Waals surface area contributed by atoms with Gasteiger partial charge in [0.2, 0.25) is 0 Å². The van der Waals surface area contributed by atoms with Crippen molar-refractivity contribution in [2.45, 2.75) is 6.54 Å². The van der Waals surface area contributed by atoms with E-state index in [0.717, 1.165) is 12.2 Å². The van der Waals surface area contributed by atoms with Gasteiger partial charge in [-0.1, -0.05) is 42.1 Å². The van der Waals surface area contributed by atoms with Crippen LogP contribution in [0.5, 0.6) is 0 Å². The Morgan fingerprint density at radius 1 is 1.15 bits per heavy atom. The zero-order chi connectivity index (χ0) is 8.93. The van der Waals surface area contributed by atoms with Crippen molar-refractivity contribution in [1.29, 1.82) is 0 Å². The van der Waals surface area contributed by atoms with Crippen molar-refractivity contribution in [3.63, 3.8) is 0 Å². The molecule has 0 radical (unpaired) electrons. The van der Waals surface area contributed by atoms with Crippen LogP contribution >= 0.6 is 0 Å². The Morgan fingerprint density at radius 2 is 2.00 bits per heavy atom. The second-order valence-electron chi connectivity index (χ2n) is 2.92. The largest absolute Gasteiger partial charge is 0.375 e. The molecule has 0 saturated carbocycles. The lowest BCUT2D eigenvalue weighted by Gasteiger charge is -2.03. The van der Waals surface area contributed by atoms with Crippen molar-refractivity contribution < 1.29 is 0 Å². The molecule has 64 valence electrons. The van der Waals surface area contributed by atoms with E-state index in [9.17, 15) is 0 Å². The molecule has 0 saturated heterocycles. The molecule has 1 N–H and O–H groups in total. The van der Waals surface area contributed by atoms with Crippen molar-refractivity contribution in [2.24, 2.45) is 0 Å². The Hall–Kier alpha value is -1.72. The highest BCUT2D eigenvalue weighted by atomic mass is 14.9. The molecule has 0 unspecified atom stereocenters. The number of hydrogen-bond donors (Lipinski definition) is 1. The molecule has 13 heavy (non-hydrogen) atoms. The van der Waals surface area contributed by atoms with Crippen LogP contribution in [0.3, 0.4) is 0 Å². The summed E-state index contributed by atoms with van der Waals surface area (Å²) in [5, 5.41) is 3.29. The van der Waals surface area contributed by atoms with Gasteiger partial charge in [-0.05, 0) is 17.7 Å². The molecule has 0 aromatic heterocycles. The summed E-state index contributed by atoms with van der Waals surface area (Å²) >= 11 is 0. The Balaban J connectivity index is 1.94. The molecular formula is C12H11N. The molecule has 1 aliphatic rings. The van der Waals surface area contributed by atoms with Gasteiger partial charge in [0.05, 0.1) is 5.70 Å². The molecule has 0 spiro atoms.